The zero-order valence-corrected chi connectivity index (χ0v) is 19.3. The summed E-state index contributed by atoms with van der Waals surface area (Å²) in [5, 5.41) is 12.1. The molecule has 0 aliphatic carbocycles. The van der Waals surface area contributed by atoms with Crippen LogP contribution in [0.4, 0.5) is 9.93 Å². The highest BCUT2D eigenvalue weighted by atomic mass is 32.1. The lowest BCUT2D eigenvalue weighted by Crippen LogP contribution is -2.41. The smallest absolute Gasteiger partial charge is 0.319 e. The zero-order chi connectivity index (χ0) is 22.9. The van der Waals surface area contributed by atoms with Crippen molar-refractivity contribution in [1.29, 1.82) is 0 Å². The van der Waals surface area contributed by atoms with Crippen molar-refractivity contribution in [2.75, 3.05) is 39.6 Å². The summed E-state index contributed by atoms with van der Waals surface area (Å²) in [5.74, 6) is 0.551. The van der Waals surface area contributed by atoms with Gasteiger partial charge < -0.3 is 19.9 Å². The van der Waals surface area contributed by atoms with Crippen LogP contribution in [-0.2, 0) is 11.2 Å². The molecule has 8 nitrogen and oxygen atoms in total. The van der Waals surface area contributed by atoms with Gasteiger partial charge in [0.15, 0.2) is 0 Å². The van der Waals surface area contributed by atoms with E-state index in [9.17, 15) is 9.59 Å². The third kappa shape index (κ3) is 6.52. The van der Waals surface area contributed by atoms with E-state index in [1.54, 1.807) is 26.1 Å². The number of hydrogen-bond acceptors (Lipinski definition) is 6. The molecule has 0 saturated heterocycles. The second-order valence-electron chi connectivity index (χ2n) is 7.34. The molecule has 0 fully saturated rings. The Balaban J connectivity index is 1.55. The molecule has 9 heteroatoms. The number of nitrogens with zero attached hydrogens (tertiary/aromatic N) is 4. The van der Waals surface area contributed by atoms with E-state index in [2.05, 4.69) is 15.5 Å². The molecule has 0 aliphatic heterocycles. The SMILES string of the molecule is COc1ccc(-c2nnc(NC(=O)CCN(CCc3ccccc3)C(=O)N(C)C)s2)cc1. The third-order valence-corrected chi connectivity index (χ3v) is 5.67. The molecule has 0 unspecified atom stereocenters. The molecule has 0 aliphatic rings. The Hall–Kier alpha value is -3.46. The molecular formula is C23H27N5O3S. The summed E-state index contributed by atoms with van der Waals surface area (Å²) in [6, 6.07) is 17.3. The fraction of sp³-hybridized carbons (Fsp3) is 0.304. The van der Waals surface area contributed by atoms with Crippen molar-refractivity contribution < 1.29 is 14.3 Å². The van der Waals surface area contributed by atoms with Gasteiger partial charge >= 0.3 is 6.03 Å². The van der Waals surface area contributed by atoms with E-state index in [-0.39, 0.29) is 18.4 Å². The molecule has 0 atom stereocenters. The third-order valence-electron chi connectivity index (χ3n) is 4.78. The van der Waals surface area contributed by atoms with Crippen LogP contribution >= 0.6 is 11.3 Å². The van der Waals surface area contributed by atoms with Crippen LogP contribution in [0.5, 0.6) is 5.75 Å². The maximum atomic E-state index is 12.5. The van der Waals surface area contributed by atoms with E-state index in [1.807, 2.05) is 54.6 Å². The minimum absolute atomic E-state index is 0.119. The zero-order valence-electron chi connectivity index (χ0n) is 18.4. The van der Waals surface area contributed by atoms with E-state index >= 15 is 0 Å². The molecule has 3 amide bonds. The van der Waals surface area contributed by atoms with E-state index < -0.39 is 0 Å². The van der Waals surface area contributed by atoms with Gasteiger partial charge in [-0.2, -0.15) is 0 Å². The van der Waals surface area contributed by atoms with Crippen LogP contribution in [0.15, 0.2) is 54.6 Å². The number of methoxy groups -OCH3 is 1. The first kappa shape index (κ1) is 23.2. The van der Waals surface area contributed by atoms with E-state index in [0.717, 1.165) is 23.3 Å². The first-order valence-electron chi connectivity index (χ1n) is 10.2. The van der Waals surface area contributed by atoms with Crippen molar-refractivity contribution in [1.82, 2.24) is 20.0 Å². The summed E-state index contributed by atoms with van der Waals surface area (Å²) >= 11 is 1.30. The molecule has 0 radical (unpaired) electrons. The summed E-state index contributed by atoms with van der Waals surface area (Å²) in [6.45, 7) is 0.856. The van der Waals surface area contributed by atoms with Gasteiger partial charge in [-0.05, 0) is 36.2 Å². The van der Waals surface area contributed by atoms with E-state index in [1.165, 1.54) is 16.2 Å². The average Bonchev–Trinajstić information content (AvgIpc) is 3.27. The molecule has 3 rings (SSSR count). The summed E-state index contributed by atoms with van der Waals surface area (Å²) in [5.41, 5.74) is 2.04. The topological polar surface area (TPSA) is 87.7 Å². The molecule has 3 aromatic rings. The number of amides is 3. The van der Waals surface area contributed by atoms with Gasteiger partial charge in [0, 0.05) is 39.2 Å². The number of hydrogen-bond donors (Lipinski definition) is 1. The molecule has 1 heterocycles. The van der Waals surface area contributed by atoms with Gasteiger partial charge in [0.1, 0.15) is 10.8 Å². The fourth-order valence-electron chi connectivity index (χ4n) is 3.04. The largest absolute Gasteiger partial charge is 0.497 e. The van der Waals surface area contributed by atoms with Gasteiger partial charge in [0.05, 0.1) is 7.11 Å². The number of carbonyl (C=O) groups is 2. The highest BCUT2D eigenvalue weighted by Crippen LogP contribution is 2.27. The second-order valence-corrected chi connectivity index (χ2v) is 8.32. The molecule has 32 heavy (non-hydrogen) atoms. The van der Waals surface area contributed by atoms with Gasteiger partial charge in [-0.1, -0.05) is 41.7 Å². The van der Waals surface area contributed by atoms with Crippen molar-refractivity contribution in [3.8, 4) is 16.3 Å². The van der Waals surface area contributed by atoms with Crippen LogP contribution in [0.3, 0.4) is 0 Å². The van der Waals surface area contributed by atoms with Gasteiger partial charge in [-0.15, -0.1) is 10.2 Å². The summed E-state index contributed by atoms with van der Waals surface area (Å²) in [6.07, 6.45) is 0.898. The van der Waals surface area contributed by atoms with Crippen LogP contribution in [0, 0.1) is 0 Å². The van der Waals surface area contributed by atoms with Crippen molar-refractivity contribution in [3.05, 3.63) is 60.2 Å². The number of anilines is 1. The Kier molecular flexibility index (Phi) is 8.15. The number of rotatable bonds is 9. The number of nitrogens with one attached hydrogen (secondary N) is 1. The number of benzene rings is 2. The Morgan fingerprint density at radius 1 is 1.00 bits per heavy atom. The second kappa shape index (κ2) is 11.2. The van der Waals surface area contributed by atoms with Crippen molar-refractivity contribution in [2.45, 2.75) is 12.8 Å². The number of carbonyl (C=O) groups excluding carboxylic acids is 2. The Labute approximate surface area is 191 Å². The monoisotopic (exact) mass is 453 g/mol. The minimum atomic E-state index is -0.210. The summed E-state index contributed by atoms with van der Waals surface area (Å²) in [4.78, 5) is 28.2. The van der Waals surface area contributed by atoms with Crippen LogP contribution in [0.2, 0.25) is 0 Å². The minimum Gasteiger partial charge on any atom is -0.497 e. The van der Waals surface area contributed by atoms with Crippen molar-refractivity contribution in [3.63, 3.8) is 0 Å². The maximum absolute atomic E-state index is 12.5. The molecule has 0 saturated carbocycles. The molecular weight excluding hydrogens is 426 g/mol. The standard InChI is InChI=1S/C23H27N5O3S/c1-27(2)23(30)28(15-13-17-7-5-4-6-8-17)16-14-20(29)24-22-26-25-21(32-22)18-9-11-19(31-3)12-10-18/h4-12H,13-16H2,1-3H3,(H,24,26,29). The predicted molar refractivity (Wildman–Crippen MR) is 126 cm³/mol. The summed E-state index contributed by atoms with van der Waals surface area (Å²) < 4.78 is 5.16. The lowest BCUT2D eigenvalue weighted by Gasteiger charge is -2.26. The van der Waals surface area contributed by atoms with Gasteiger partial charge in [0.25, 0.3) is 0 Å². The van der Waals surface area contributed by atoms with Gasteiger partial charge in [-0.3, -0.25) is 4.79 Å². The Morgan fingerprint density at radius 3 is 2.38 bits per heavy atom. The van der Waals surface area contributed by atoms with Crippen molar-refractivity contribution in [2.24, 2.45) is 0 Å². The quantitative estimate of drug-likeness (QED) is 0.533. The van der Waals surface area contributed by atoms with Gasteiger partial charge in [-0.25, -0.2) is 4.79 Å². The Morgan fingerprint density at radius 2 is 1.72 bits per heavy atom. The number of urea groups is 1. The lowest BCUT2D eigenvalue weighted by molar-refractivity contribution is -0.116. The normalized spacial score (nSPS) is 10.5. The number of aromatic nitrogens is 2. The van der Waals surface area contributed by atoms with Crippen LogP contribution in [0.1, 0.15) is 12.0 Å². The van der Waals surface area contributed by atoms with Crippen molar-refractivity contribution >= 4 is 28.4 Å². The van der Waals surface area contributed by atoms with E-state index in [0.29, 0.717) is 23.2 Å². The lowest BCUT2D eigenvalue weighted by atomic mass is 10.1. The maximum Gasteiger partial charge on any atom is 0.319 e. The molecule has 168 valence electrons. The average molecular weight is 454 g/mol. The molecule has 1 aromatic heterocycles. The highest BCUT2D eigenvalue weighted by molar-refractivity contribution is 7.18. The number of ether oxygens (including phenoxy) is 1. The summed E-state index contributed by atoms with van der Waals surface area (Å²) in [7, 11) is 5.03. The first-order chi connectivity index (χ1) is 15.5. The molecule has 1 N–H and O–H groups in total. The highest BCUT2D eigenvalue weighted by Gasteiger charge is 2.17. The first-order valence-corrected chi connectivity index (χ1v) is 11.1. The molecule has 2 aromatic carbocycles. The fourth-order valence-corrected chi connectivity index (χ4v) is 3.80. The van der Waals surface area contributed by atoms with E-state index in [4.69, 9.17) is 4.74 Å². The predicted octanol–water partition coefficient (Wildman–Crippen LogP) is 3.77. The van der Waals surface area contributed by atoms with Gasteiger partial charge in [0.2, 0.25) is 11.0 Å². The molecule has 0 spiro atoms. The van der Waals surface area contributed by atoms with Crippen LogP contribution < -0.4 is 10.1 Å². The van der Waals surface area contributed by atoms with Crippen LogP contribution in [-0.4, -0.2) is 66.2 Å². The van der Waals surface area contributed by atoms with Crippen LogP contribution in [0.25, 0.3) is 10.6 Å². The molecule has 0 bridgehead atoms. The Bertz CT molecular complexity index is 1020.